The highest BCUT2D eigenvalue weighted by Crippen LogP contribution is 2.22. The summed E-state index contributed by atoms with van der Waals surface area (Å²) >= 11 is 0. The van der Waals surface area contributed by atoms with Gasteiger partial charge in [0.25, 0.3) is 0 Å². The molecule has 1 aliphatic rings. The van der Waals surface area contributed by atoms with Crippen molar-refractivity contribution in [3.63, 3.8) is 0 Å². The molecule has 1 unspecified atom stereocenters. The van der Waals surface area contributed by atoms with Gasteiger partial charge in [-0.2, -0.15) is 0 Å². The molecular formula is C7H8N2O3. The second-order valence-corrected chi connectivity index (χ2v) is 2.74. The smallest absolute Gasteiger partial charge is 0.312 e. The molecule has 2 N–H and O–H groups in total. The quantitative estimate of drug-likeness (QED) is 0.614. The lowest BCUT2D eigenvalue weighted by Crippen LogP contribution is -2.32. The molecule has 0 fully saturated rings. The van der Waals surface area contributed by atoms with Crippen LogP contribution in [-0.2, 0) is 11.3 Å². The number of fused-ring (bicyclic) bond motifs is 1. The molecule has 0 saturated heterocycles. The first-order chi connectivity index (χ1) is 5.79. The summed E-state index contributed by atoms with van der Waals surface area (Å²) in [5.41, 5.74) is 1.40. The maximum atomic E-state index is 10.7. The Kier molecular flexibility index (Phi) is 1.58. The van der Waals surface area contributed by atoms with Crippen molar-refractivity contribution in [1.82, 2.24) is 10.5 Å². The number of carboxylic acids is 1. The Bertz CT molecular complexity index is 307. The SMILES string of the molecule is O=C(O)C1CNCc2nocc21. The van der Waals surface area contributed by atoms with Crippen molar-refractivity contribution in [1.29, 1.82) is 0 Å². The van der Waals surface area contributed by atoms with E-state index < -0.39 is 11.9 Å². The summed E-state index contributed by atoms with van der Waals surface area (Å²) in [7, 11) is 0. The van der Waals surface area contributed by atoms with Crippen LogP contribution in [0.15, 0.2) is 10.8 Å². The molecule has 0 bridgehead atoms. The molecule has 0 spiro atoms. The lowest BCUT2D eigenvalue weighted by molar-refractivity contribution is -0.138. The van der Waals surface area contributed by atoms with Gasteiger partial charge in [0.1, 0.15) is 12.0 Å². The molecule has 0 amide bonds. The summed E-state index contributed by atoms with van der Waals surface area (Å²) in [6.45, 7) is 1.04. The highest BCUT2D eigenvalue weighted by atomic mass is 16.5. The van der Waals surface area contributed by atoms with Crippen molar-refractivity contribution in [2.45, 2.75) is 12.5 Å². The monoisotopic (exact) mass is 168 g/mol. The Labute approximate surface area is 68.4 Å². The molecule has 1 aromatic heterocycles. The number of carboxylic acid groups (broad SMARTS) is 1. The first kappa shape index (κ1) is 7.30. The molecule has 0 radical (unpaired) electrons. The third kappa shape index (κ3) is 0.984. The fourth-order valence-corrected chi connectivity index (χ4v) is 1.35. The van der Waals surface area contributed by atoms with Crippen LogP contribution in [0.5, 0.6) is 0 Å². The Morgan fingerprint density at radius 2 is 2.67 bits per heavy atom. The van der Waals surface area contributed by atoms with Gasteiger partial charge >= 0.3 is 5.97 Å². The number of rotatable bonds is 1. The summed E-state index contributed by atoms with van der Waals surface area (Å²) in [5, 5.41) is 15.4. The van der Waals surface area contributed by atoms with Gasteiger partial charge in [0.05, 0.1) is 5.92 Å². The Hall–Kier alpha value is -1.36. The van der Waals surface area contributed by atoms with Crippen LogP contribution in [-0.4, -0.2) is 22.8 Å². The topological polar surface area (TPSA) is 75.4 Å². The van der Waals surface area contributed by atoms with Crippen molar-refractivity contribution in [3.8, 4) is 0 Å². The van der Waals surface area contributed by atoms with Gasteiger partial charge in [0, 0.05) is 18.7 Å². The lowest BCUT2D eigenvalue weighted by atomic mass is 9.97. The van der Waals surface area contributed by atoms with Crippen LogP contribution in [0.25, 0.3) is 0 Å². The van der Waals surface area contributed by atoms with Gasteiger partial charge in [-0.25, -0.2) is 0 Å². The zero-order valence-electron chi connectivity index (χ0n) is 6.28. The zero-order chi connectivity index (χ0) is 8.55. The first-order valence-corrected chi connectivity index (χ1v) is 3.65. The molecule has 1 atom stereocenters. The average molecular weight is 168 g/mol. The normalized spacial score (nSPS) is 21.8. The second-order valence-electron chi connectivity index (χ2n) is 2.74. The Balaban J connectivity index is 2.37. The first-order valence-electron chi connectivity index (χ1n) is 3.65. The van der Waals surface area contributed by atoms with Crippen molar-refractivity contribution < 1.29 is 14.4 Å². The van der Waals surface area contributed by atoms with Crippen molar-refractivity contribution >= 4 is 5.97 Å². The molecule has 0 aliphatic carbocycles. The number of nitrogens with zero attached hydrogens (tertiary/aromatic N) is 1. The van der Waals surface area contributed by atoms with Crippen LogP contribution in [0.4, 0.5) is 0 Å². The fourth-order valence-electron chi connectivity index (χ4n) is 1.35. The number of carbonyl (C=O) groups is 1. The minimum absolute atomic E-state index is 0.448. The van der Waals surface area contributed by atoms with Gasteiger partial charge in [-0.3, -0.25) is 4.79 Å². The molecule has 1 aliphatic heterocycles. The molecular weight excluding hydrogens is 160 g/mol. The second kappa shape index (κ2) is 2.60. The van der Waals surface area contributed by atoms with Crippen molar-refractivity contribution in [2.75, 3.05) is 6.54 Å². The van der Waals surface area contributed by atoms with Crippen LogP contribution < -0.4 is 5.32 Å². The minimum Gasteiger partial charge on any atom is -0.481 e. The standard InChI is InChI=1S/C7H8N2O3/c10-7(11)4-1-8-2-6-5(4)3-12-9-6/h3-4,8H,1-2H2,(H,10,11). The van der Waals surface area contributed by atoms with Crippen LogP contribution in [0.2, 0.25) is 0 Å². The third-order valence-electron chi connectivity index (χ3n) is 1.99. The molecule has 5 heteroatoms. The van der Waals surface area contributed by atoms with Crippen molar-refractivity contribution in [2.24, 2.45) is 0 Å². The van der Waals surface area contributed by atoms with Gasteiger partial charge in [-0.1, -0.05) is 5.16 Å². The Morgan fingerprint density at radius 1 is 1.83 bits per heavy atom. The third-order valence-corrected chi connectivity index (χ3v) is 1.99. The van der Waals surface area contributed by atoms with Crippen molar-refractivity contribution in [3.05, 3.63) is 17.5 Å². The molecule has 2 rings (SSSR count). The summed E-state index contributed by atoms with van der Waals surface area (Å²) in [6, 6.07) is 0. The number of hydrogen-bond acceptors (Lipinski definition) is 4. The fraction of sp³-hybridized carbons (Fsp3) is 0.429. The van der Waals surface area contributed by atoms with Crippen LogP contribution in [0, 0.1) is 0 Å². The highest BCUT2D eigenvalue weighted by molar-refractivity contribution is 5.76. The van der Waals surface area contributed by atoms with E-state index in [-0.39, 0.29) is 0 Å². The molecule has 5 nitrogen and oxygen atoms in total. The van der Waals surface area contributed by atoms with Crippen LogP contribution >= 0.6 is 0 Å². The lowest BCUT2D eigenvalue weighted by Gasteiger charge is -2.17. The number of hydrogen-bond donors (Lipinski definition) is 2. The number of aromatic nitrogens is 1. The predicted octanol–water partition coefficient (Wildman–Crippen LogP) is -0.0540. The molecule has 0 aromatic carbocycles. The van der Waals surface area contributed by atoms with Gasteiger partial charge in [-0.15, -0.1) is 0 Å². The molecule has 1 aromatic rings. The maximum Gasteiger partial charge on any atom is 0.312 e. The molecule has 64 valence electrons. The number of aliphatic carboxylic acids is 1. The molecule has 0 saturated carbocycles. The summed E-state index contributed by atoms with van der Waals surface area (Å²) in [4.78, 5) is 10.7. The maximum absolute atomic E-state index is 10.7. The van der Waals surface area contributed by atoms with E-state index >= 15 is 0 Å². The van der Waals surface area contributed by atoms with E-state index in [1.54, 1.807) is 0 Å². The van der Waals surface area contributed by atoms with E-state index in [1.807, 2.05) is 0 Å². The van der Waals surface area contributed by atoms with E-state index in [9.17, 15) is 4.79 Å². The largest absolute Gasteiger partial charge is 0.481 e. The summed E-state index contributed by atoms with van der Waals surface area (Å²) in [5.74, 6) is -1.35. The predicted molar refractivity (Wildman–Crippen MR) is 38.6 cm³/mol. The van der Waals surface area contributed by atoms with Crippen LogP contribution in [0.3, 0.4) is 0 Å². The highest BCUT2D eigenvalue weighted by Gasteiger charge is 2.28. The molecule has 12 heavy (non-hydrogen) atoms. The van der Waals surface area contributed by atoms with E-state index in [4.69, 9.17) is 9.63 Å². The van der Waals surface area contributed by atoms with E-state index in [2.05, 4.69) is 10.5 Å². The van der Waals surface area contributed by atoms with Gasteiger partial charge < -0.3 is 14.9 Å². The van der Waals surface area contributed by atoms with Gasteiger partial charge in [0.15, 0.2) is 0 Å². The minimum atomic E-state index is -0.841. The van der Waals surface area contributed by atoms with E-state index in [0.29, 0.717) is 24.3 Å². The van der Waals surface area contributed by atoms with E-state index in [1.165, 1.54) is 6.26 Å². The van der Waals surface area contributed by atoms with E-state index in [0.717, 1.165) is 0 Å². The van der Waals surface area contributed by atoms with Gasteiger partial charge in [-0.05, 0) is 0 Å². The number of nitrogens with one attached hydrogen (secondary N) is 1. The molecule has 2 heterocycles. The Morgan fingerprint density at radius 3 is 3.42 bits per heavy atom. The van der Waals surface area contributed by atoms with Gasteiger partial charge in [0.2, 0.25) is 0 Å². The zero-order valence-corrected chi connectivity index (χ0v) is 6.28. The summed E-state index contributed by atoms with van der Waals surface area (Å²) in [6.07, 6.45) is 1.41. The van der Waals surface area contributed by atoms with Crippen LogP contribution in [0.1, 0.15) is 17.2 Å². The summed E-state index contributed by atoms with van der Waals surface area (Å²) < 4.78 is 4.69. The average Bonchev–Trinajstić information content (AvgIpc) is 2.49.